The molecule has 2 aromatic carbocycles. The number of benzene rings is 2. The summed E-state index contributed by atoms with van der Waals surface area (Å²) in [6.45, 7) is 3.95. The number of allylic oxidation sites excluding steroid dienone is 1. The molecule has 0 radical (unpaired) electrons. The van der Waals surface area contributed by atoms with E-state index >= 15 is 0 Å². The normalized spacial score (nSPS) is 14.3. The number of hydrogen-bond donors (Lipinski definition) is 0. The van der Waals surface area contributed by atoms with Crippen LogP contribution >= 0.6 is 0 Å². The molecule has 6 nitrogen and oxygen atoms in total. The van der Waals surface area contributed by atoms with E-state index < -0.39 is 0 Å². The third-order valence-electron chi connectivity index (χ3n) is 5.11. The zero-order valence-electron chi connectivity index (χ0n) is 18.3. The SMILES string of the molecule is CC/C=C\COc1cc(N2CCCN(Cc3cc(F)ccc3OC)C2=O)ccc1OC. The molecule has 31 heavy (non-hydrogen) atoms. The quantitative estimate of drug-likeness (QED) is 0.526. The molecule has 2 aromatic rings. The van der Waals surface area contributed by atoms with E-state index in [1.54, 1.807) is 29.0 Å². The summed E-state index contributed by atoms with van der Waals surface area (Å²) in [5.41, 5.74) is 1.37. The molecular formula is C24H29FN2O4. The number of hydrogen-bond acceptors (Lipinski definition) is 4. The maximum absolute atomic E-state index is 13.7. The second-order valence-electron chi connectivity index (χ2n) is 7.19. The Morgan fingerprint density at radius 1 is 1.00 bits per heavy atom. The molecule has 0 bridgehead atoms. The van der Waals surface area contributed by atoms with Gasteiger partial charge in [0.15, 0.2) is 11.5 Å². The van der Waals surface area contributed by atoms with E-state index in [0.717, 1.165) is 18.5 Å². The van der Waals surface area contributed by atoms with Crippen LogP contribution in [0.3, 0.4) is 0 Å². The average molecular weight is 429 g/mol. The summed E-state index contributed by atoms with van der Waals surface area (Å²) in [6.07, 6.45) is 5.72. The van der Waals surface area contributed by atoms with Crippen molar-refractivity contribution in [2.45, 2.75) is 26.3 Å². The lowest BCUT2D eigenvalue weighted by Crippen LogP contribution is -2.49. The Bertz CT molecular complexity index is 932. The highest BCUT2D eigenvalue weighted by atomic mass is 19.1. The van der Waals surface area contributed by atoms with Gasteiger partial charge in [-0.15, -0.1) is 0 Å². The fourth-order valence-electron chi connectivity index (χ4n) is 3.56. The number of anilines is 1. The first-order valence-corrected chi connectivity index (χ1v) is 10.4. The van der Waals surface area contributed by atoms with E-state index in [1.807, 2.05) is 24.3 Å². The molecule has 0 saturated carbocycles. The van der Waals surface area contributed by atoms with Crippen molar-refractivity contribution in [1.29, 1.82) is 0 Å². The van der Waals surface area contributed by atoms with Crippen LogP contribution in [0.5, 0.6) is 17.2 Å². The van der Waals surface area contributed by atoms with Crippen LogP contribution in [0.4, 0.5) is 14.9 Å². The van der Waals surface area contributed by atoms with Gasteiger partial charge in [0.1, 0.15) is 18.2 Å². The van der Waals surface area contributed by atoms with Crippen LogP contribution in [-0.4, -0.2) is 44.8 Å². The van der Waals surface area contributed by atoms with Gasteiger partial charge in [-0.1, -0.05) is 19.1 Å². The highest BCUT2D eigenvalue weighted by Gasteiger charge is 2.28. The zero-order valence-corrected chi connectivity index (χ0v) is 18.3. The van der Waals surface area contributed by atoms with Gasteiger partial charge in [-0.3, -0.25) is 4.90 Å². The standard InChI is InChI=1S/C24H29FN2O4/c1-4-5-6-14-31-23-16-20(9-11-22(23)30-3)27-13-7-12-26(24(27)28)17-18-15-19(25)8-10-21(18)29-2/h5-6,8-11,15-16H,4,7,12-14,17H2,1-3H3/b6-5-. The number of urea groups is 1. The van der Waals surface area contributed by atoms with Crippen LogP contribution in [0.2, 0.25) is 0 Å². The monoisotopic (exact) mass is 428 g/mol. The first-order valence-electron chi connectivity index (χ1n) is 10.4. The van der Waals surface area contributed by atoms with Crippen molar-refractivity contribution in [3.05, 3.63) is 59.9 Å². The largest absolute Gasteiger partial charge is 0.496 e. The molecule has 1 saturated heterocycles. The number of carbonyl (C=O) groups excluding carboxylic acids is 1. The van der Waals surface area contributed by atoms with E-state index in [2.05, 4.69) is 6.92 Å². The molecule has 0 N–H and O–H groups in total. The molecule has 1 heterocycles. The van der Waals surface area contributed by atoms with Crippen LogP contribution in [0, 0.1) is 5.82 Å². The summed E-state index contributed by atoms with van der Waals surface area (Å²) in [5.74, 6) is 1.40. The van der Waals surface area contributed by atoms with Gasteiger partial charge in [-0.05, 0) is 43.2 Å². The first-order chi connectivity index (χ1) is 15.1. The summed E-state index contributed by atoms with van der Waals surface area (Å²) in [4.78, 5) is 16.6. The number of carbonyl (C=O) groups is 1. The highest BCUT2D eigenvalue weighted by Crippen LogP contribution is 2.33. The molecule has 0 aliphatic carbocycles. The Hall–Kier alpha value is -3.22. The van der Waals surface area contributed by atoms with E-state index in [9.17, 15) is 9.18 Å². The van der Waals surface area contributed by atoms with Crippen LogP contribution in [0.15, 0.2) is 48.6 Å². The smallest absolute Gasteiger partial charge is 0.324 e. The van der Waals surface area contributed by atoms with Gasteiger partial charge >= 0.3 is 6.03 Å². The number of amides is 2. The fourth-order valence-corrected chi connectivity index (χ4v) is 3.56. The van der Waals surface area contributed by atoms with Crippen molar-refractivity contribution in [2.24, 2.45) is 0 Å². The van der Waals surface area contributed by atoms with Crippen LogP contribution in [-0.2, 0) is 6.54 Å². The van der Waals surface area contributed by atoms with Crippen molar-refractivity contribution in [1.82, 2.24) is 4.90 Å². The van der Waals surface area contributed by atoms with Gasteiger partial charge in [-0.25, -0.2) is 9.18 Å². The third kappa shape index (κ3) is 5.48. The molecular weight excluding hydrogens is 399 g/mol. The minimum atomic E-state index is -0.355. The molecule has 3 rings (SSSR count). The number of rotatable bonds is 9. The molecule has 0 spiro atoms. The van der Waals surface area contributed by atoms with Gasteiger partial charge in [0, 0.05) is 30.4 Å². The Labute approximate surface area is 182 Å². The molecule has 0 unspecified atom stereocenters. The van der Waals surface area contributed by atoms with Crippen molar-refractivity contribution in [3.63, 3.8) is 0 Å². The van der Waals surface area contributed by atoms with Gasteiger partial charge < -0.3 is 19.1 Å². The summed E-state index contributed by atoms with van der Waals surface area (Å²) in [6, 6.07) is 9.67. The van der Waals surface area contributed by atoms with Crippen LogP contribution in [0.1, 0.15) is 25.3 Å². The number of methoxy groups -OCH3 is 2. The molecule has 7 heteroatoms. The summed E-state index contributed by atoms with van der Waals surface area (Å²) >= 11 is 0. The lowest BCUT2D eigenvalue weighted by atomic mass is 10.1. The van der Waals surface area contributed by atoms with Crippen LogP contribution in [0.25, 0.3) is 0 Å². The molecule has 1 aliphatic rings. The minimum Gasteiger partial charge on any atom is -0.496 e. The van der Waals surface area contributed by atoms with E-state index in [1.165, 1.54) is 19.2 Å². The van der Waals surface area contributed by atoms with Crippen molar-refractivity contribution >= 4 is 11.7 Å². The highest BCUT2D eigenvalue weighted by molar-refractivity contribution is 5.93. The van der Waals surface area contributed by atoms with Crippen LogP contribution < -0.4 is 19.1 Å². The predicted molar refractivity (Wildman–Crippen MR) is 119 cm³/mol. The Morgan fingerprint density at radius 2 is 1.77 bits per heavy atom. The average Bonchev–Trinajstić information content (AvgIpc) is 2.78. The number of nitrogens with zero attached hydrogens (tertiary/aromatic N) is 2. The van der Waals surface area contributed by atoms with E-state index in [0.29, 0.717) is 42.5 Å². The molecule has 1 fully saturated rings. The van der Waals surface area contributed by atoms with Crippen molar-refractivity contribution < 1.29 is 23.4 Å². The molecule has 0 aromatic heterocycles. The third-order valence-corrected chi connectivity index (χ3v) is 5.11. The van der Waals surface area contributed by atoms with Crippen molar-refractivity contribution in [3.8, 4) is 17.2 Å². The molecule has 0 atom stereocenters. The Morgan fingerprint density at radius 3 is 2.52 bits per heavy atom. The predicted octanol–water partition coefficient (Wildman–Crippen LogP) is 5.02. The maximum Gasteiger partial charge on any atom is 0.324 e. The second-order valence-corrected chi connectivity index (χ2v) is 7.19. The minimum absolute atomic E-state index is 0.139. The van der Waals surface area contributed by atoms with Gasteiger partial charge in [0.05, 0.1) is 20.8 Å². The first kappa shape index (κ1) is 22.5. The van der Waals surface area contributed by atoms with Gasteiger partial charge in [-0.2, -0.15) is 0 Å². The Balaban J connectivity index is 1.79. The van der Waals surface area contributed by atoms with Crippen molar-refractivity contribution in [2.75, 3.05) is 38.8 Å². The number of halogens is 1. The summed E-state index contributed by atoms with van der Waals surface area (Å²) in [5, 5.41) is 0. The lowest BCUT2D eigenvalue weighted by Gasteiger charge is -2.36. The van der Waals surface area contributed by atoms with Gasteiger partial charge in [0.25, 0.3) is 0 Å². The summed E-state index contributed by atoms with van der Waals surface area (Å²) in [7, 11) is 3.12. The van der Waals surface area contributed by atoms with Gasteiger partial charge in [0.2, 0.25) is 0 Å². The van der Waals surface area contributed by atoms with E-state index in [-0.39, 0.29) is 18.4 Å². The molecule has 2 amide bonds. The topological polar surface area (TPSA) is 51.2 Å². The maximum atomic E-state index is 13.7. The summed E-state index contributed by atoms with van der Waals surface area (Å²) < 4.78 is 30.3. The molecule has 166 valence electrons. The fraction of sp³-hybridized carbons (Fsp3) is 0.375. The number of ether oxygens (including phenoxy) is 3. The van der Waals surface area contributed by atoms with E-state index in [4.69, 9.17) is 14.2 Å². The zero-order chi connectivity index (χ0) is 22.2. The second kappa shape index (κ2) is 10.7. The molecule has 1 aliphatic heterocycles. The Kier molecular flexibility index (Phi) is 7.76. The lowest BCUT2D eigenvalue weighted by molar-refractivity contribution is 0.191.